The molecular formula is C22H25N3O4. The molecule has 2 aromatic carbocycles. The third-order valence-electron chi connectivity index (χ3n) is 4.36. The van der Waals surface area contributed by atoms with Crippen molar-refractivity contribution in [1.82, 2.24) is 10.6 Å². The van der Waals surface area contributed by atoms with Crippen molar-refractivity contribution in [3.8, 4) is 23.3 Å². The number of phenolic OH excluding ortho intramolecular Hbond substituents is 1. The van der Waals surface area contributed by atoms with E-state index in [4.69, 9.17) is 9.47 Å². The van der Waals surface area contributed by atoms with Crippen molar-refractivity contribution in [2.45, 2.75) is 19.4 Å². The second-order valence-electron chi connectivity index (χ2n) is 6.35. The number of phenols is 1. The Hall–Kier alpha value is -3.66. The molecule has 0 saturated carbocycles. The maximum Gasteiger partial charge on any atom is 0.263 e. The SMILES string of the molecule is COc1ccc(C(C)NC(=O)/C(C#N)=C\NCCc2ccc(O)cc2)cc1OC. The lowest BCUT2D eigenvalue weighted by atomic mass is 10.1. The number of nitrogens with one attached hydrogen (secondary N) is 2. The van der Waals surface area contributed by atoms with Crippen LogP contribution >= 0.6 is 0 Å². The molecule has 2 rings (SSSR count). The lowest BCUT2D eigenvalue weighted by molar-refractivity contribution is -0.117. The molecule has 152 valence electrons. The van der Waals surface area contributed by atoms with Crippen LogP contribution in [0.4, 0.5) is 0 Å². The van der Waals surface area contributed by atoms with Crippen LogP contribution in [0, 0.1) is 11.3 Å². The van der Waals surface area contributed by atoms with E-state index in [0.717, 1.165) is 11.1 Å². The summed E-state index contributed by atoms with van der Waals surface area (Å²) < 4.78 is 10.5. The zero-order valence-corrected chi connectivity index (χ0v) is 16.7. The van der Waals surface area contributed by atoms with Gasteiger partial charge in [-0.1, -0.05) is 18.2 Å². The zero-order valence-electron chi connectivity index (χ0n) is 16.7. The van der Waals surface area contributed by atoms with Crippen molar-refractivity contribution in [2.24, 2.45) is 0 Å². The van der Waals surface area contributed by atoms with Crippen LogP contribution in [0.25, 0.3) is 0 Å². The maximum atomic E-state index is 12.4. The Labute approximate surface area is 170 Å². The summed E-state index contributed by atoms with van der Waals surface area (Å²) in [4.78, 5) is 12.4. The summed E-state index contributed by atoms with van der Waals surface area (Å²) in [6, 6.07) is 13.9. The monoisotopic (exact) mass is 395 g/mol. The van der Waals surface area contributed by atoms with Crippen molar-refractivity contribution in [1.29, 1.82) is 5.26 Å². The molecule has 7 nitrogen and oxygen atoms in total. The number of nitriles is 1. The van der Waals surface area contributed by atoms with E-state index in [1.54, 1.807) is 38.5 Å². The number of rotatable bonds is 9. The number of carbonyl (C=O) groups excluding carboxylic acids is 1. The van der Waals surface area contributed by atoms with Crippen molar-refractivity contribution in [3.05, 3.63) is 65.4 Å². The lowest BCUT2D eigenvalue weighted by Gasteiger charge is -2.16. The van der Waals surface area contributed by atoms with E-state index in [0.29, 0.717) is 24.5 Å². The van der Waals surface area contributed by atoms with Crippen LogP contribution in [0.1, 0.15) is 24.1 Å². The van der Waals surface area contributed by atoms with Crippen LogP contribution in [0.5, 0.6) is 17.2 Å². The second-order valence-corrected chi connectivity index (χ2v) is 6.35. The fraction of sp³-hybridized carbons (Fsp3) is 0.273. The van der Waals surface area contributed by atoms with Crippen LogP contribution in [0.3, 0.4) is 0 Å². The molecule has 7 heteroatoms. The standard InChI is InChI=1S/C22H25N3O4/c1-15(17-6-9-20(28-2)21(12-17)29-3)25-22(27)18(13-23)14-24-11-10-16-4-7-19(26)8-5-16/h4-9,12,14-15,24,26H,10-11H2,1-3H3,(H,25,27)/b18-14-. The molecule has 0 aliphatic rings. The van der Waals surface area contributed by atoms with Gasteiger partial charge in [0.2, 0.25) is 0 Å². The van der Waals surface area contributed by atoms with Gasteiger partial charge in [-0.2, -0.15) is 5.26 Å². The minimum absolute atomic E-state index is 0.0111. The number of methoxy groups -OCH3 is 2. The van der Waals surface area contributed by atoms with Gasteiger partial charge >= 0.3 is 0 Å². The van der Waals surface area contributed by atoms with Crippen molar-refractivity contribution < 1.29 is 19.4 Å². The summed E-state index contributed by atoms with van der Waals surface area (Å²) in [5.41, 5.74) is 1.85. The predicted octanol–water partition coefficient (Wildman–Crippen LogP) is 2.83. The third-order valence-corrected chi connectivity index (χ3v) is 4.36. The van der Waals surface area contributed by atoms with E-state index in [2.05, 4.69) is 10.6 Å². The fourth-order valence-corrected chi connectivity index (χ4v) is 2.68. The Bertz CT molecular complexity index is 901. The zero-order chi connectivity index (χ0) is 21.2. The van der Waals surface area contributed by atoms with Gasteiger partial charge in [0, 0.05) is 12.7 Å². The first kappa shape index (κ1) is 21.6. The molecule has 1 unspecified atom stereocenters. The van der Waals surface area contributed by atoms with Gasteiger partial charge in [0.25, 0.3) is 5.91 Å². The lowest BCUT2D eigenvalue weighted by Crippen LogP contribution is -2.28. The molecule has 1 amide bonds. The topological polar surface area (TPSA) is 104 Å². The molecule has 0 bridgehead atoms. The van der Waals surface area contributed by atoms with E-state index < -0.39 is 5.91 Å². The van der Waals surface area contributed by atoms with Crippen molar-refractivity contribution >= 4 is 5.91 Å². The van der Waals surface area contributed by atoms with E-state index in [1.165, 1.54) is 6.20 Å². The number of carbonyl (C=O) groups is 1. The molecular weight excluding hydrogens is 370 g/mol. The molecule has 1 atom stereocenters. The predicted molar refractivity (Wildman–Crippen MR) is 110 cm³/mol. The molecule has 0 spiro atoms. The molecule has 29 heavy (non-hydrogen) atoms. The number of hydrogen-bond donors (Lipinski definition) is 3. The van der Waals surface area contributed by atoms with Crippen LogP contribution in [0.2, 0.25) is 0 Å². The number of hydrogen-bond acceptors (Lipinski definition) is 6. The number of ether oxygens (including phenoxy) is 2. The summed E-state index contributed by atoms with van der Waals surface area (Å²) in [5.74, 6) is 0.920. The number of aromatic hydroxyl groups is 1. The number of benzene rings is 2. The molecule has 0 aliphatic heterocycles. The summed E-state index contributed by atoms with van der Waals surface area (Å²) in [5, 5.41) is 24.4. The molecule has 0 fully saturated rings. The first-order chi connectivity index (χ1) is 14.0. The minimum Gasteiger partial charge on any atom is -0.508 e. The smallest absolute Gasteiger partial charge is 0.263 e. The Balaban J connectivity index is 1.93. The normalized spacial score (nSPS) is 11.9. The molecule has 0 saturated heterocycles. The maximum absolute atomic E-state index is 12.4. The van der Waals surface area contributed by atoms with Gasteiger partial charge in [-0.05, 0) is 48.7 Å². The largest absolute Gasteiger partial charge is 0.508 e. The first-order valence-electron chi connectivity index (χ1n) is 9.12. The second kappa shape index (κ2) is 10.6. The number of nitrogens with zero attached hydrogens (tertiary/aromatic N) is 1. The minimum atomic E-state index is -0.466. The van der Waals surface area contributed by atoms with E-state index in [9.17, 15) is 15.2 Å². The highest BCUT2D eigenvalue weighted by molar-refractivity contribution is 5.97. The average molecular weight is 395 g/mol. The third kappa shape index (κ3) is 6.18. The fourth-order valence-electron chi connectivity index (χ4n) is 2.68. The molecule has 0 aliphatic carbocycles. The number of amides is 1. The van der Waals surface area contributed by atoms with Crippen LogP contribution < -0.4 is 20.1 Å². The van der Waals surface area contributed by atoms with Crippen LogP contribution in [-0.4, -0.2) is 31.8 Å². The quantitative estimate of drug-likeness (QED) is 0.343. The summed E-state index contributed by atoms with van der Waals surface area (Å²) in [6.45, 7) is 2.38. The van der Waals surface area contributed by atoms with Crippen LogP contribution in [-0.2, 0) is 11.2 Å². The van der Waals surface area contributed by atoms with E-state index in [1.807, 2.05) is 31.2 Å². The van der Waals surface area contributed by atoms with Gasteiger partial charge in [0.1, 0.15) is 17.4 Å². The van der Waals surface area contributed by atoms with Gasteiger partial charge in [0.15, 0.2) is 11.5 Å². The van der Waals surface area contributed by atoms with Crippen molar-refractivity contribution in [3.63, 3.8) is 0 Å². The molecule has 0 aromatic heterocycles. The average Bonchev–Trinajstić information content (AvgIpc) is 2.74. The molecule has 0 heterocycles. The highest BCUT2D eigenvalue weighted by Crippen LogP contribution is 2.29. The Kier molecular flexibility index (Phi) is 7.92. The Morgan fingerprint density at radius 1 is 1.17 bits per heavy atom. The Morgan fingerprint density at radius 3 is 2.48 bits per heavy atom. The summed E-state index contributed by atoms with van der Waals surface area (Å²) >= 11 is 0. The van der Waals surface area contributed by atoms with E-state index >= 15 is 0 Å². The van der Waals surface area contributed by atoms with Gasteiger partial charge in [0.05, 0.1) is 20.3 Å². The Morgan fingerprint density at radius 2 is 1.86 bits per heavy atom. The van der Waals surface area contributed by atoms with Gasteiger partial charge in [-0.25, -0.2) is 0 Å². The highest BCUT2D eigenvalue weighted by Gasteiger charge is 2.15. The van der Waals surface area contributed by atoms with E-state index in [-0.39, 0.29) is 17.4 Å². The van der Waals surface area contributed by atoms with Gasteiger partial charge in [-0.15, -0.1) is 0 Å². The summed E-state index contributed by atoms with van der Waals surface area (Å²) in [6.07, 6.45) is 2.11. The highest BCUT2D eigenvalue weighted by atomic mass is 16.5. The summed E-state index contributed by atoms with van der Waals surface area (Å²) in [7, 11) is 3.10. The van der Waals surface area contributed by atoms with Gasteiger partial charge in [-0.3, -0.25) is 4.79 Å². The van der Waals surface area contributed by atoms with Crippen molar-refractivity contribution in [2.75, 3.05) is 20.8 Å². The molecule has 0 radical (unpaired) electrons. The van der Waals surface area contributed by atoms with Gasteiger partial charge < -0.3 is 25.2 Å². The molecule has 3 N–H and O–H groups in total. The molecule has 2 aromatic rings. The van der Waals surface area contributed by atoms with Crippen LogP contribution in [0.15, 0.2) is 54.2 Å². The first-order valence-corrected chi connectivity index (χ1v) is 9.12.